The van der Waals surface area contributed by atoms with Gasteiger partial charge in [0.2, 0.25) is 0 Å². The molecular formula is C7H11N2O3P. The molecule has 0 aliphatic heterocycles. The molecule has 0 bridgehead atoms. The molecule has 0 saturated carbocycles. The molecule has 0 fully saturated rings. The third-order valence-electron chi connectivity index (χ3n) is 1.48. The second-order valence-electron chi connectivity index (χ2n) is 2.58. The Morgan fingerprint density at radius 1 is 1.62 bits per heavy atom. The number of hydrogen-bond acceptors (Lipinski definition) is 4. The van der Waals surface area contributed by atoms with Crippen LogP contribution < -0.4 is 10.7 Å². The monoisotopic (exact) mass is 202 g/mol. The molecule has 5 nitrogen and oxygen atoms in total. The zero-order valence-corrected chi connectivity index (χ0v) is 7.95. The summed E-state index contributed by atoms with van der Waals surface area (Å²) in [4.78, 5) is 31.3. The van der Waals surface area contributed by atoms with Gasteiger partial charge in [0.15, 0.2) is 13.8 Å². The molecular weight excluding hydrogens is 191 g/mol. The lowest BCUT2D eigenvalue weighted by molar-refractivity contribution is 0.473. The number of H-pyrrole nitrogens is 1. The molecule has 1 aromatic heterocycles. The average molecular weight is 202 g/mol. The summed E-state index contributed by atoms with van der Waals surface area (Å²) in [7, 11) is -2.03. The molecule has 0 aliphatic carbocycles. The fraction of sp³-hybridized carbons (Fsp3) is 0.286. The van der Waals surface area contributed by atoms with E-state index in [1.54, 1.807) is 6.92 Å². The first kappa shape index (κ1) is 10.2. The summed E-state index contributed by atoms with van der Waals surface area (Å²) in [5.41, 5.74) is -0.131. The van der Waals surface area contributed by atoms with Crippen LogP contribution in [0.25, 0.3) is 0 Å². The summed E-state index contributed by atoms with van der Waals surface area (Å²) in [6.45, 7) is 1.62. The van der Waals surface area contributed by atoms with Gasteiger partial charge in [0, 0.05) is 18.3 Å². The SMILES string of the molecule is CC(Nc1cc(=O)cc[nH]1)P(O)O. The normalized spacial score (nSPS) is 12.9. The van der Waals surface area contributed by atoms with Gasteiger partial charge in [-0.2, -0.15) is 0 Å². The number of pyridine rings is 1. The van der Waals surface area contributed by atoms with Gasteiger partial charge in [-0.05, 0) is 6.92 Å². The Morgan fingerprint density at radius 3 is 2.85 bits per heavy atom. The molecule has 1 atom stereocenters. The molecule has 4 N–H and O–H groups in total. The van der Waals surface area contributed by atoms with E-state index in [1.807, 2.05) is 0 Å². The third-order valence-corrected chi connectivity index (χ3v) is 2.31. The molecule has 1 aromatic rings. The van der Waals surface area contributed by atoms with Gasteiger partial charge in [-0.25, -0.2) is 0 Å². The van der Waals surface area contributed by atoms with E-state index in [0.29, 0.717) is 5.82 Å². The minimum Gasteiger partial charge on any atom is -0.361 e. The van der Waals surface area contributed by atoms with Crippen molar-refractivity contribution >= 4 is 14.2 Å². The van der Waals surface area contributed by atoms with Crippen molar-refractivity contribution in [2.45, 2.75) is 12.7 Å². The maximum Gasteiger partial charge on any atom is 0.188 e. The summed E-state index contributed by atoms with van der Waals surface area (Å²) in [6.07, 6.45) is 1.49. The molecule has 72 valence electrons. The largest absolute Gasteiger partial charge is 0.361 e. The van der Waals surface area contributed by atoms with Crippen LogP contribution in [0.3, 0.4) is 0 Å². The van der Waals surface area contributed by atoms with E-state index in [9.17, 15) is 4.79 Å². The highest BCUT2D eigenvalue weighted by molar-refractivity contribution is 7.46. The van der Waals surface area contributed by atoms with E-state index in [-0.39, 0.29) is 5.43 Å². The molecule has 1 heterocycles. The molecule has 0 spiro atoms. The van der Waals surface area contributed by atoms with Crippen molar-refractivity contribution in [3.05, 3.63) is 28.6 Å². The molecule has 1 rings (SSSR count). The molecule has 0 amide bonds. The lowest BCUT2D eigenvalue weighted by atomic mass is 10.4. The average Bonchev–Trinajstić information content (AvgIpc) is 2.04. The van der Waals surface area contributed by atoms with E-state index in [2.05, 4.69) is 10.3 Å². The van der Waals surface area contributed by atoms with Crippen molar-refractivity contribution < 1.29 is 9.79 Å². The second kappa shape index (κ2) is 4.37. The lowest BCUT2D eigenvalue weighted by Crippen LogP contribution is -2.15. The Hall–Kier alpha value is -0.900. The van der Waals surface area contributed by atoms with Gasteiger partial charge in [0.05, 0.1) is 5.78 Å². The quantitative estimate of drug-likeness (QED) is 0.535. The van der Waals surface area contributed by atoms with Gasteiger partial charge in [-0.1, -0.05) is 0 Å². The molecule has 0 radical (unpaired) electrons. The van der Waals surface area contributed by atoms with Crippen molar-refractivity contribution in [3.63, 3.8) is 0 Å². The first-order valence-electron chi connectivity index (χ1n) is 3.72. The van der Waals surface area contributed by atoms with Crippen molar-refractivity contribution in [2.24, 2.45) is 0 Å². The fourth-order valence-electron chi connectivity index (χ4n) is 0.812. The van der Waals surface area contributed by atoms with Crippen molar-refractivity contribution in [2.75, 3.05) is 5.32 Å². The van der Waals surface area contributed by atoms with E-state index in [1.165, 1.54) is 18.3 Å². The van der Waals surface area contributed by atoms with Gasteiger partial charge in [-0.15, -0.1) is 0 Å². The van der Waals surface area contributed by atoms with Gasteiger partial charge < -0.3 is 20.1 Å². The summed E-state index contributed by atoms with van der Waals surface area (Å²) in [6, 6.07) is 2.74. The minimum atomic E-state index is -2.03. The maximum absolute atomic E-state index is 10.9. The highest BCUT2D eigenvalue weighted by atomic mass is 31.2. The zero-order chi connectivity index (χ0) is 9.84. The molecule has 0 aliphatic rings. The predicted octanol–water partition coefficient (Wildman–Crippen LogP) is 0.429. The Bertz CT molecular complexity index is 326. The Kier molecular flexibility index (Phi) is 3.42. The highest BCUT2D eigenvalue weighted by Crippen LogP contribution is 2.30. The minimum absolute atomic E-state index is 0.131. The number of aromatic nitrogens is 1. The van der Waals surface area contributed by atoms with Crippen LogP contribution in [-0.4, -0.2) is 20.6 Å². The van der Waals surface area contributed by atoms with Gasteiger partial charge in [0.1, 0.15) is 5.82 Å². The summed E-state index contributed by atoms with van der Waals surface area (Å²) < 4.78 is 0. The lowest BCUT2D eigenvalue weighted by Gasteiger charge is -2.14. The van der Waals surface area contributed by atoms with Crippen LogP contribution in [0.15, 0.2) is 23.1 Å². The smallest absolute Gasteiger partial charge is 0.188 e. The molecule has 13 heavy (non-hydrogen) atoms. The first-order chi connectivity index (χ1) is 6.09. The summed E-state index contributed by atoms with van der Waals surface area (Å²) in [5.74, 6) is 0.0173. The van der Waals surface area contributed by atoms with Crippen molar-refractivity contribution in [1.82, 2.24) is 4.98 Å². The van der Waals surface area contributed by atoms with Crippen LogP contribution >= 0.6 is 8.38 Å². The topological polar surface area (TPSA) is 85.4 Å². The van der Waals surface area contributed by atoms with Crippen LogP contribution in [0.5, 0.6) is 0 Å². The van der Waals surface area contributed by atoms with Gasteiger partial charge in [-0.3, -0.25) is 4.79 Å². The molecule has 1 unspecified atom stereocenters. The van der Waals surface area contributed by atoms with Crippen LogP contribution in [0, 0.1) is 0 Å². The number of rotatable bonds is 3. The van der Waals surface area contributed by atoms with E-state index in [4.69, 9.17) is 9.79 Å². The number of nitrogens with one attached hydrogen (secondary N) is 2. The number of aromatic amines is 1. The van der Waals surface area contributed by atoms with Crippen LogP contribution in [-0.2, 0) is 0 Å². The Balaban J connectivity index is 2.69. The highest BCUT2D eigenvalue weighted by Gasteiger charge is 2.10. The van der Waals surface area contributed by atoms with Crippen LogP contribution in [0.4, 0.5) is 5.82 Å². The third kappa shape index (κ3) is 3.14. The van der Waals surface area contributed by atoms with E-state index >= 15 is 0 Å². The van der Waals surface area contributed by atoms with E-state index in [0.717, 1.165) is 0 Å². The first-order valence-corrected chi connectivity index (χ1v) is 5.03. The maximum atomic E-state index is 10.9. The molecule has 0 saturated heterocycles. The Morgan fingerprint density at radius 2 is 2.31 bits per heavy atom. The summed E-state index contributed by atoms with van der Waals surface area (Å²) >= 11 is 0. The van der Waals surface area contributed by atoms with Crippen molar-refractivity contribution in [3.8, 4) is 0 Å². The fourth-order valence-corrected chi connectivity index (χ4v) is 1.07. The molecule has 0 aromatic carbocycles. The predicted molar refractivity (Wildman–Crippen MR) is 51.5 cm³/mol. The Labute approximate surface area is 76.4 Å². The van der Waals surface area contributed by atoms with Crippen LogP contribution in [0.1, 0.15) is 6.92 Å². The number of hydrogen-bond donors (Lipinski definition) is 4. The zero-order valence-electron chi connectivity index (χ0n) is 7.06. The number of anilines is 1. The van der Waals surface area contributed by atoms with Gasteiger partial charge in [0.25, 0.3) is 0 Å². The summed E-state index contributed by atoms with van der Waals surface area (Å²) in [5, 5.41) is 2.76. The molecule has 6 heteroatoms. The van der Waals surface area contributed by atoms with Crippen LogP contribution in [0.2, 0.25) is 0 Å². The second-order valence-corrected chi connectivity index (χ2v) is 3.99. The van der Waals surface area contributed by atoms with Gasteiger partial charge >= 0.3 is 0 Å². The van der Waals surface area contributed by atoms with Crippen molar-refractivity contribution in [1.29, 1.82) is 0 Å². The standard InChI is InChI=1S/C7H11N2O3P/c1-5(13(11)12)9-7-4-6(10)2-3-8-7/h2-5,11-12H,1H3,(H2,8,9,10). The van der Waals surface area contributed by atoms with E-state index < -0.39 is 14.2 Å².